The second-order valence-electron chi connectivity index (χ2n) is 2.07. The predicted molar refractivity (Wildman–Crippen MR) is 33.9 cm³/mol. The van der Waals surface area contributed by atoms with Gasteiger partial charge in [-0.15, -0.1) is 0 Å². The van der Waals surface area contributed by atoms with Gasteiger partial charge in [0.05, 0.1) is 6.61 Å². The molecule has 2 heteroatoms. The molecule has 2 nitrogen and oxygen atoms in total. The van der Waals surface area contributed by atoms with Crippen molar-refractivity contribution in [2.45, 2.75) is 19.3 Å². The summed E-state index contributed by atoms with van der Waals surface area (Å²) in [7, 11) is 0. The zero-order chi connectivity index (χ0) is 6.53. The van der Waals surface area contributed by atoms with Gasteiger partial charge < -0.3 is 4.74 Å². The van der Waals surface area contributed by atoms with Crippen LogP contribution in [0.3, 0.4) is 0 Å². The standard InChI is InChI=1S/C7H10O2/c8-7-5-3-1-2-4-6-9-7/h3,5H,1-2,4,6H2. The van der Waals surface area contributed by atoms with E-state index in [0.29, 0.717) is 6.61 Å². The second kappa shape index (κ2) is 3.28. The summed E-state index contributed by atoms with van der Waals surface area (Å²) >= 11 is 0. The Kier molecular flexibility index (Phi) is 2.31. The van der Waals surface area contributed by atoms with E-state index in [4.69, 9.17) is 4.74 Å². The topological polar surface area (TPSA) is 26.3 Å². The molecule has 0 aliphatic carbocycles. The van der Waals surface area contributed by atoms with Gasteiger partial charge in [-0.05, 0) is 19.3 Å². The van der Waals surface area contributed by atoms with Crippen LogP contribution in [0.5, 0.6) is 0 Å². The lowest BCUT2D eigenvalue weighted by Gasteiger charge is -2.02. The molecule has 0 saturated carbocycles. The Labute approximate surface area is 54.5 Å². The minimum atomic E-state index is -0.199. The molecule has 0 bridgehead atoms. The minimum Gasteiger partial charge on any atom is -0.463 e. The first-order chi connectivity index (χ1) is 4.39. The van der Waals surface area contributed by atoms with Crippen molar-refractivity contribution in [1.29, 1.82) is 0 Å². The molecule has 0 aromatic rings. The Morgan fingerprint density at radius 1 is 1.44 bits per heavy atom. The number of carbonyl (C=O) groups excluding carboxylic acids is 1. The highest BCUT2D eigenvalue weighted by Gasteiger charge is 1.98. The summed E-state index contributed by atoms with van der Waals surface area (Å²) in [5.41, 5.74) is 0. The third-order valence-corrected chi connectivity index (χ3v) is 1.26. The van der Waals surface area contributed by atoms with Crippen molar-refractivity contribution >= 4 is 5.97 Å². The molecule has 1 aliphatic heterocycles. The van der Waals surface area contributed by atoms with Crippen molar-refractivity contribution in [3.8, 4) is 0 Å². The van der Waals surface area contributed by atoms with E-state index in [1.807, 2.05) is 6.08 Å². The zero-order valence-corrected chi connectivity index (χ0v) is 5.30. The molecule has 0 fully saturated rings. The quantitative estimate of drug-likeness (QED) is 0.457. The van der Waals surface area contributed by atoms with Crippen LogP contribution < -0.4 is 0 Å². The molecule has 9 heavy (non-hydrogen) atoms. The van der Waals surface area contributed by atoms with Gasteiger partial charge in [-0.2, -0.15) is 0 Å². The van der Waals surface area contributed by atoms with Crippen LogP contribution in [0.25, 0.3) is 0 Å². The Balaban J connectivity index is 2.39. The molecule has 0 spiro atoms. The van der Waals surface area contributed by atoms with E-state index in [9.17, 15) is 4.79 Å². The van der Waals surface area contributed by atoms with Gasteiger partial charge in [0.15, 0.2) is 0 Å². The molecule has 0 radical (unpaired) electrons. The predicted octanol–water partition coefficient (Wildman–Crippen LogP) is 1.27. The summed E-state index contributed by atoms with van der Waals surface area (Å²) in [6, 6.07) is 0. The van der Waals surface area contributed by atoms with E-state index in [2.05, 4.69) is 0 Å². The van der Waals surface area contributed by atoms with Gasteiger partial charge in [0.2, 0.25) is 0 Å². The highest BCUT2D eigenvalue weighted by Crippen LogP contribution is 2.01. The van der Waals surface area contributed by atoms with Gasteiger partial charge in [-0.25, -0.2) is 4.79 Å². The molecule has 1 aliphatic rings. The lowest BCUT2D eigenvalue weighted by molar-refractivity contribution is -0.138. The number of esters is 1. The van der Waals surface area contributed by atoms with E-state index in [0.717, 1.165) is 19.3 Å². The molecule has 0 unspecified atom stereocenters. The lowest BCUT2D eigenvalue weighted by Crippen LogP contribution is -2.03. The summed E-state index contributed by atoms with van der Waals surface area (Å²) in [5, 5.41) is 0. The number of rotatable bonds is 0. The molecule has 0 saturated heterocycles. The highest BCUT2D eigenvalue weighted by atomic mass is 16.5. The molecule has 0 amide bonds. The Morgan fingerprint density at radius 2 is 2.33 bits per heavy atom. The number of cyclic esters (lactones) is 1. The van der Waals surface area contributed by atoms with Crippen LogP contribution in [0.15, 0.2) is 12.2 Å². The third-order valence-electron chi connectivity index (χ3n) is 1.26. The molecule has 1 heterocycles. The summed E-state index contributed by atoms with van der Waals surface area (Å²) < 4.78 is 4.76. The number of carbonyl (C=O) groups is 1. The van der Waals surface area contributed by atoms with Crippen molar-refractivity contribution in [3.05, 3.63) is 12.2 Å². The van der Waals surface area contributed by atoms with Crippen LogP contribution in [-0.2, 0) is 9.53 Å². The van der Waals surface area contributed by atoms with Crippen molar-refractivity contribution in [2.75, 3.05) is 6.61 Å². The fraction of sp³-hybridized carbons (Fsp3) is 0.571. The van der Waals surface area contributed by atoms with Gasteiger partial charge in [-0.3, -0.25) is 0 Å². The monoisotopic (exact) mass is 126 g/mol. The maximum Gasteiger partial charge on any atom is 0.330 e. The molecule has 1 rings (SSSR count). The normalized spacial score (nSPS) is 20.2. The molecule has 0 aromatic carbocycles. The molecule has 50 valence electrons. The number of hydrogen-bond donors (Lipinski definition) is 0. The Bertz CT molecular complexity index is 127. The van der Waals surface area contributed by atoms with Gasteiger partial charge >= 0.3 is 5.97 Å². The average Bonchev–Trinajstić information content (AvgIpc) is 1.79. The summed E-state index contributed by atoms with van der Waals surface area (Å²) in [4.78, 5) is 10.5. The van der Waals surface area contributed by atoms with E-state index in [1.165, 1.54) is 6.08 Å². The molecular formula is C7H10O2. The van der Waals surface area contributed by atoms with Crippen LogP contribution in [-0.4, -0.2) is 12.6 Å². The summed E-state index contributed by atoms with van der Waals surface area (Å²) in [6.45, 7) is 0.586. The van der Waals surface area contributed by atoms with Gasteiger partial charge in [0.25, 0.3) is 0 Å². The maximum absolute atomic E-state index is 10.5. The van der Waals surface area contributed by atoms with Crippen LogP contribution in [0.2, 0.25) is 0 Å². The van der Waals surface area contributed by atoms with Crippen molar-refractivity contribution in [1.82, 2.24) is 0 Å². The lowest BCUT2D eigenvalue weighted by atomic mass is 10.2. The van der Waals surface area contributed by atoms with Gasteiger partial charge in [-0.1, -0.05) is 6.08 Å². The third kappa shape index (κ3) is 2.31. The van der Waals surface area contributed by atoms with E-state index >= 15 is 0 Å². The van der Waals surface area contributed by atoms with Crippen molar-refractivity contribution in [3.63, 3.8) is 0 Å². The van der Waals surface area contributed by atoms with Crippen LogP contribution in [0, 0.1) is 0 Å². The summed E-state index contributed by atoms with van der Waals surface area (Å²) in [6.07, 6.45) is 6.50. The first kappa shape index (κ1) is 6.33. The average molecular weight is 126 g/mol. The first-order valence-electron chi connectivity index (χ1n) is 3.23. The first-order valence-corrected chi connectivity index (χ1v) is 3.23. The SMILES string of the molecule is O=C1C=CCCCCO1. The maximum atomic E-state index is 10.5. The van der Waals surface area contributed by atoms with Crippen LogP contribution in [0.1, 0.15) is 19.3 Å². The minimum absolute atomic E-state index is 0.199. The molecule has 0 aromatic heterocycles. The number of ether oxygens (including phenoxy) is 1. The largest absolute Gasteiger partial charge is 0.463 e. The number of hydrogen-bond acceptors (Lipinski definition) is 2. The van der Waals surface area contributed by atoms with E-state index < -0.39 is 0 Å². The Hall–Kier alpha value is -0.790. The van der Waals surface area contributed by atoms with Gasteiger partial charge in [0, 0.05) is 6.08 Å². The Morgan fingerprint density at radius 3 is 3.22 bits per heavy atom. The van der Waals surface area contributed by atoms with Crippen molar-refractivity contribution in [2.24, 2.45) is 0 Å². The molecule has 0 N–H and O–H groups in total. The zero-order valence-electron chi connectivity index (χ0n) is 5.30. The fourth-order valence-corrected chi connectivity index (χ4v) is 0.765. The molecular weight excluding hydrogens is 116 g/mol. The number of allylic oxidation sites excluding steroid dienone is 1. The van der Waals surface area contributed by atoms with Crippen LogP contribution >= 0.6 is 0 Å². The van der Waals surface area contributed by atoms with Crippen molar-refractivity contribution < 1.29 is 9.53 Å². The smallest absolute Gasteiger partial charge is 0.330 e. The summed E-state index contributed by atoms with van der Waals surface area (Å²) in [5.74, 6) is -0.199. The fourth-order valence-electron chi connectivity index (χ4n) is 0.765. The second-order valence-corrected chi connectivity index (χ2v) is 2.07. The van der Waals surface area contributed by atoms with E-state index in [1.54, 1.807) is 0 Å². The van der Waals surface area contributed by atoms with E-state index in [-0.39, 0.29) is 5.97 Å². The highest BCUT2D eigenvalue weighted by molar-refractivity contribution is 5.81. The van der Waals surface area contributed by atoms with Gasteiger partial charge in [0.1, 0.15) is 0 Å². The molecule has 0 atom stereocenters. The van der Waals surface area contributed by atoms with Crippen LogP contribution in [0.4, 0.5) is 0 Å².